The van der Waals surface area contributed by atoms with Crippen LogP contribution in [0, 0.1) is 0 Å². The predicted octanol–water partition coefficient (Wildman–Crippen LogP) is 3.74. The summed E-state index contributed by atoms with van der Waals surface area (Å²) in [7, 11) is -3.87. The quantitative estimate of drug-likeness (QED) is 0.582. The SMILES string of the molecule is CC(=O)c1cccc(S(=O)(=O)NC[C@](C)(O)c2ccc(-c3ccccc3)cc2)c1. The fourth-order valence-corrected chi connectivity index (χ4v) is 4.13. The van der Waals surface area contributed by atoms with Gasteiger partial charge in [0.15, 0.2) is 5.78 Å². The van der Waals surface area contributed by atoms with Gasteiger partial charge in [-0.1, -0.05) is 66.7 Å². The molecule has 0 aliphatic rings. The average molecular weight is 410 g/mol. The van der Waals surface area contributed by atoms with Crippen LogP contribution in [0.1, 0.15) is 29.8 Å². The van der Waals surface area contributed by atoms with Gasteiger partial charge in [0, 0.05) is 12.1 Å². The number of carbonyl (C=O) groups excluding carboxylic acids is 1. The number of hydrogen-bond acceptors (Lipinski definition) is 4. The molecule has 0 amide bonds. The third-order valence-electron chi connectivity index (χ3n) is 4.77. The van der Waals surface area contributed by atoms with Crippen molar-refractivity contribution >= 4 is 15.8 Å². The van der Waals surface area contributed by atoms with Crippen molar-refractivity contribution in [3.05, 3.63) is 90.0 Å². The first-order valence-electron chi connectivity index (χ1n) is 9.18. The second-order valence-corrected chi connectivity index (χ2v) is 8.89. The monoisotopic (exact) mass is 409 g/mol. The van der Waals surface area contributed by atoms with Crippen LogP contribution in [0.5, 0.6) is 0 Å². The third kappa shape index (κ3) is 4.98. The summed E-state index contributed by atoms with van der Waals surface area (Å²) in [6.45, 7) is 2.73. The second kappa shape index (κ2) is 8.29. The van der Waals surface area contributed by atoms with E-state index in [4.69, 9.17) is 0 Å². The minimum atomic E-state index is -3.87. The zero-order valence-electron chi connectivity index (χ0n) is 16.3. The minimum absolute atomic E-state index is 0.0135. The van der Waals surface area contributed by atoms with Crippen LogP contribution in [0.4, 0.5) is 0 Å². The Morgan fingerprint density at radius 1 is 0.931 bits per heavy atom. The Balaban J connectivity index is 1.75. The van der Waals surface area contributed by atoms with E-state index in [2.05, 4.69) is 4.72 Å². The van der Waals surface area contributed by atoms with Crippen LogP contribution < -0.4 is 4.72 Å². The third-order valence-corrected chi connectivity index (χ3v) is 6.17. The number of rotatable bonds is 7. The number of aliphatic hydroxyl groups is 1. The molecule has 3 aromatic carbocycles. The molecule has 5 nitrogen and oxygen atoms in total. The Kier molecular flexibility index (Phi) is 5.98. The van der Waals surface area contributed by atoms with E-state index in [0.29, 0.717) is 11.1 Å². The van der Waals surface area contributed by atoms with Crippen LogP contribution in [-0.4, -0.2) is 25.9 Å². The van der Waals surface area contributed by atoms with Gasteiger partial charge in [0.05, 0.1) is 4.90 Å². The fourth-order valence-electron chi connectivity index (χ4n) is 2.96. The first-order chi connectivity index (χ1) is 13.7. The molecule has 0 saturated carbocycles. The molecule has 0 spiro atoms. The molecular formula is C23H23NO4S. The Labute approximate surface area is 171 Å². The minimum Gasteiger partial charge on any atom is -0.384 e. The molecule has 0 aliphatic heterocycles. The number of Topliss-reactive ketones (excluding diaryl/α,β-unsaturated/α-hetero) is 1. The van der Waals surface area contributed by atoms with Gasteiger partial charge >= 0.3 is 0 Å². The highest BCUT2D eigenvalue weighted by molar-refractivity contribution is 7.89. The number of nitrogens with one attached hydrogen (secondary N) is 1. The second-order valence-electron chi connectivity index (χ2n) is 7.13. The van der Waals surface area contributed by atoms with Crippen molar-refractivity contribution in [1.29, 1.82) is 0 Å². The molecule has 29 heavy (non-hydrogen) atoms. The first kappa shape index (κ1) is 20.9. The average Bonchev–Trinajstić information content (AvgIpc) is 2.73. The molecule has 0 fully saturated rings. The van der Waals surface area contributed by atoms with Crippen molar-refractivity contribution in [2.75, 3.05) is 6.54 Å². The topological polar surface area (TPSA) is 83.5 Å². The zero-order valence-corrected chi connectivity index (χ0v) is 17.1. The zero-order chi connectivity index (χ0) is 21.1. The van der Waals surface area contributed by atoms with Crippen LogP contribution in [0.3, 0.4) is 0 Å². The normalized spacial score (nSPS) is 13.6. The molecule has 0 aliphatic carbocycles. The van der Waals surface area contributed by atoms with E-state index in [1.165, 1.54) is 25.1 Å². The van der Waals surface area contributed by atoms with Crippen LogP contribution in [0.25, 0.3) is 11.1 Å². The van der Waals surface area contributed by atoms with Gasteiger partial charge in [-0.15, -0.1) is 0 Å². The van der Waals surface area contributed by atoms with E-state index in [1.807, 2.05) is 42.5 Å². The lowest BCUT2D eigenvalue weighted by Crippen LogP contribution is -2.38. The number of benzene rings is 3. The van der Waals surface area contributed by atoms with E-state index >= 15 is 0 Å². The molecule has 6 heteroatoms. The highest BCUT2D eigenvalue weighted by atomic mass is 32.2. The molecule has 0 bridgehead atoms. The van der Waals surface area contributed by atoms with Crippen molar-refractivity contribution in [2.24, 2.45) is 0 Å². The maximum absolute atomic E-state index is 12.6. The van der Waals surface area contributed by atoms with Crippen molar-refractivity contribution in [2.45, 2.75) is 24.3 Å². The van der Waals surface area contributed by atoms with Crippen molar-refractivity contribution in [3.63, 3.8) is 0 Å². The Morgan fingerprint density at radius 3 is 2.17 bits per heavy atom. The van der Waals surface area contributed by atoms with Gasteiger partial charge < -0.3 is 5.11 Å². The van der Waals surface area contributed by atoms with Gasteiger partial charge in [-0.25, -0.2) is 13.1 Å². The van der Waals surface area contributed by atoms with Gasteiger partial charge in [0.2, 0.25) is 10.0 Å². The Morgan fingerprint density at radius 2 is 1.55 bits per heavy atom. The largest absolute Gasteiger partial charge is 0.384 e. The molecule has 0 radical (unpaired) electrons. The standard InChI is InChI=1S/C23H23NO4S/c1-17(25)20-9-6-10-22(15-20)29(27,28)24-16-23(2,26)21-13-11-19(12-14-21)18-7-4-3-5-8-18/h3-15,24,26H,16H2,1-2H3/t23-/m0/s1. The van der Waals surface area contributed by atoms with Crippen LogP contribution in [0.15, 0.2) is 83.8 Å². The van der Waals surface area contributed by atoms with E-state index < -0.39 is 15.6 Å². The molecule has 150 valence electrons. The summed E-state index contributed by atoms with van der Waals surface area (Å²) < 4.78 is 27.6. The lowest BCUT2D eigenvalue weighted by atomic mass is 9.94. The lowest BCUT2D eigenvalue weighted by molar-refractivity contribution is 0.0627. The summed E-state index contributed by atoms with van der Waals surface area (Å²) in [5.41, 5.74) is 1.57. The van der Waals surface area contributed by atoms with Gasteiger partial charge in [0.1, 0.15) is 5.60 Å². The summed E-state index contributed by atoms with van der Waals surface area (Å²) in [6, 6.07) is 23.0. The Hall–Kier alpha value is -2.80. The van der Waals surface area contributed by atoms with Crippen LogP contribution >= 0.6 is 0 Å². The molecule has 2 N–H and O–H groups in total. The highest BCUT2D eigenvalue weighted by Gasteiger charge is 2.26. The molecule has 3 rings (SSSR count). The van der Waals surface area contributed by atoms with Gasteiger partial charge in [-0.2, -0.15) is 0 Å². The van der Waals surface area contributed by atoms with E-state index in [9.17, 15) is 18.3 Å². The maximum Gasteiger partial charge on any atom is 0.240 e. The predicted molar refractivity (Wildman–Crippen MR) is 113 cm³/mol. The maximum atomic E-state index is 12.6. The summed E-state index contributed by atoms with van der Waals surface area (Å²) in [6.07, 6.45) is 0. The summed E-state index contributed by atoms with van der Waals surface area (Å²) in [4.78, 5) is 11.5. The molecule has 0 saturated heterocycles. The molecule has 0 aromatic heterocycles. The smallest absolute Gasteiger partial charge is 0.240 e. The van der Waals surface area contributed by atoms with Crippen molar-refractivity contribution < 1.29 is 18.3 Å². The van der Waals surface area contributed by atoms with Crippen molar-refractivity contribution in [3.8, 4) is 11.1 Å². The van der Waals surface area contributed by atoms with Crippen molar-refractivity contribution in [1.82, 2.24) is 4.72 Å². The molecule has 3 aromatic rings. The summed E-state index contributed by atoms with van der Waals surface area (Å²) in [5.74, 6) is -0.215. The summed E-state index contributed by atoms with van der Waals surface area (Å²) >= 11 is 0. The van der Waals surface area contributed by atoms with E-state index in [-0.39, 0.29) is 17.2 Å². The number of sulfonamides is 1. The molecular weight excluding hydrogens is 386 g/mol. The molecule has 1 atom stereocenters. The Bertz CT molecular complexity index is 1110. The lowest BCUT2D eigenvalue weighted by Gasteiger charge is -2.24. The van der Waals surface area contributed by atoms with Crippen LogP contribution in [0.2, 0.25) is 0 Å². The van der Waals surface area contributed by atoms with E-state index in [0.717, 1.165) is 11.1 Å². The fraction of sp³-hybridized carbons (Fsp3) is 0.174. The van der Waals surface area contributed by atoms with Gasteiger partial charge in [-0.05, 0) is 42.7 Å². The molecule has 0 unspecified atom stereocenters. The molecule has 0 heterocycles. The highest BCUT2D eigenvalue weighted by Crippen LogP contribution is 2.25. The number of carbonyl (C=O) groups is 1. The van der Waals surface area contributed by atoms with Crippen LogP contribution in [-0.2, 0) is 15.6 Å². The first-order valence-corrected chi connectivity index (χ1v) is 10.7. The van der Waals surface area contributed by atoms with Gasteiger partial charge in [-0.3, -0.25) is 4.79 Å². The number of ketones is 1. The summed E-state index contributed by atoms with van der Waals surface area (Å²) in [5, 5.41) is 10.8. The number of hydrogen-bond donors (Lipinski definition) is 2. The van der Waals surface area contributed by atoms with Gasteiger partial charge in [0.25, 0.3) is 0 Å². The van der Waals surface area contributed by atoms with E-state index in [1.54, 1.807) is 25.1 Å².